The third-order valence-corrected chi connectivity index (χ3v) is 10.8. The molecule has 5 aromatic rings. The van der Waals surface area contributed by atoms with Crippen LogP contribution in [0.2, 0.25) is 6.55 Å². The summed E-state index contributed by atoms with van der Waals surface area (Å²) in [5.41, 5.74) is 3.33. The van der Waals surface area contributed by atoms with Crippen LogP contribution in [0.5, 0.6) is 0 Å². The van der Waals surface area contributed by atoms with E-state index < -0.39 is 19.8 Å². The monoisotopic (exact) mass is 510 g/mol. The Balaban J connectivity index is 1.67. The van der Waals surface area contributed by atoms with E-state index in [1.54, 1.807) is 12.1 Å². The van der Waals surface area contributed by atoms with Gasteiger partial charge in [0.25, 0.3) is 0 Å². The molecule has 2 heterocycles. The molecule has 1 atom stereocenters. The number of halogens is 3. The van der Waals surface area contributed by atoms with Gasteiger partial charge in [-0.25, -0.2) is 0 Å². The number of hydrogen-bond acceptors (Lipinski definition) is 2. The highest BCUT2D eigenvalue weighted by Crippen LogP contribution is 2.31. The van der Waals surface area contributed by atoms with Crippen LogP contribution in [0.4, 0.5) is 13.2 Å². The summed E-state index contributed by atoms with van der Waals surface area (Å²) in [5, 5.41) is 2.89. The van der Waals surface area contributed by atoms with E-state index in [4.69, 9.17) is 9.97 Å². The van der Waals surface area contributed by atoms with Crippen molar-refractivity contribution in [2.24, 2.45) is 0 Å². The molecule has 0 aliphatic rings. The van der Waals surface area contributed by atoms with Crippen molar-refractivity contribution in [3.63, 3.8) is 0 Å². The second-order valence-corrected chi connectivity index (χ2v) is 13.1. The van der Waals surface area contributed by atoms with Crippen LogP contribution < -0.4 is 15.8 Å². The van der Waals surface area contributed by atoms with Crippen LogP contribution in [0.15, 0.2) is 115 Å². The Morgan fingerprint density at radius 2 is 1.14 bits per heavy atom. The van der Waals surface area contributed by atoms with Gasteiger partial charge in [0.05, 0.1) is 17.0 Å². The van der Waals surface area contributed by atoms with Gasteiger partial charge in [0.2, 0.25) is 0 Å². The fourth-order valence-electron chi connectivity index (χ4n) is 4.61. The van der Waals surface area contributed by atoms with Crippen molar-refractivity contribution >= 4 is 23.9 Å². The molecule has 0 amide bonds. The van der Waals surface area contributed by atoms with Gasteiger partial charge in [-0.1, -0.05) is 84.9 Å². The van der Waals surface area contributed by atoms with E-state index >= 15 is 0 Å². The summed E-state index contributed by atoms with van der Waals surface area (Å²) in [7, 11) is -2.71. The minimum Gasteiger partial charge on any atom is -0.257 e. The van der Waals surface area contributed by atoms with Gasteiger partial charge >= 0.3 is 6.18 Å². The van der Waals surface area contributed by atoms with Crippen molar-refractivity contribution < 1.29 is 13.2 Å². The van der Waals surface area contributed by atoms with Gasteiger partial charge in [-0.3, -0.25) is 9.97 Å². The molecule has 0 spiro atoms. The van der Waals surface area contributed by atoms with E-state index in [9.17, 15) is 13.2 Å². The lowest BCUT2D eigenvalue weighted by Gasteiger charge is -2.28. The van der Waals surface area contributed by atoms with Crippen molar-refractivity contribution in [1.29, 1.82) is 0 Å². The van der Waals surface area contributed by atoms with Gasteiger partial charge in [0.1, 0.15) is 0 Å². The molecule has 184 valence electrons. The minimum atomic E-state index is -4.42. The van der Waals surface area contributed by atoms with Crippen molar-refractivity contribution in [2.45, 2.75) is 19.6 Å². The highest BCUT2D eigenvalue weighted by molar-refractivity contribution is 7.09. The lowest BCUT2D eigenvalue weighted by atomic mass is 10.1. The van der Waals surface area contributed by atoms with Crippen LogP contribution >= 0.6 is 0 Å². The van der Waals surface area contributed by atoms with E-state index in [1.807, 2.05) is 60.7 Å². The molecule has 3 aromatic carbocycles. The molecule has 5 rings (SSSR count). The van der Waals surface area contributed by atoms with E-state index in [1.165, 1.54) is 6.07 Å². The summed E-state index contributed by atoms with van der Waals surface area (Å²) < 4.78 is 40.1. The number of nitrogens with zero attached hydrogens (tertiary/aromatic N) is 2. The van der Waals surface area contributed by atoms with Gasteiger partial charge in [0, 0.05) is 21.8 Å². The zero-order valence-corrected chi connectivity index (χ0v) is 21.5. The Morgan fingerprint density at radius 3 is 1.70 bits per heavy atom. The molecule has 0 aliphatic carbocycles. The first-order valence-corrected chi connectivity index (χ1v) is 14.5. The fraction of sp³-hybridized carbons (Fsp3) is 0.0968. The van der Waals surface area contributed by atoms with Gasteiger partial charge in [-0.15, -0.1) is 0 Å². The van der Waals surface area contributed by atoms with Gasteiger partial charge in [0.15, 0.2) is 8.07 Å². The van der Waals surface area contributed by atoms with Gasteiger partial charge in [-0.2, -0.15) is 13.2 Å². The minimum absolute atomic E-state index is 0.433. The SMILES string of the molecule is Cc1cccc(-c2cccc([Si](C)(c3ccccc3)c3cccc(-c4cccc(C(F)(F)F)c4)n3)n2)c1. The summed E-state index contributed by atoms with van der Waals surface area (Å²) in [6.45, 7) is 4.25. The van der Waals surface area contributed by atoms with Crippen LogP contribution in [-0.4, -0.2) is 18.0 Å². The van der Waals surface area contributed by atoms with Crippen molar-refractivity contribution in [2.75, 3.05) is 0 Å². The number of benzene rings is 3. The molecular weight excluding hydrogens is 485 g/mol. The number of rotatable bonds is 5. The number of alkyl halides is 3. The molecule has 0 fully saturated rings. The Morgan fingerprint density at radius 1 is 0.595 bits per heavy atom. The van der Waals surface area contributed by atoms with Crippen LogP contribution in [0, 0.1) is 6.92 Å². The van der Waals surface area contributed by atoms with Gasteiger partial charge < -0.3 is 0 Å². The highest BCUT2D eigenvalue weighted by atomic mass is 28.3. The Kier molecular flexibility index (Phi) is 6.52. The predicted molar refractivity (Wildman–Crippen MR) is 146 cm³/mol. The first-order valence-electron chi connectivity index (χ1n) is 12.0. The summed E-state index contributed by atoms with van der Waals surface area (Å²) in [6.07, 6.45) is -4.42. The number of aromatic nitrogens is 2. The lowest BCUT2D eigenvalue weighted by Crippen LogP contribution is -2.66. The van der Waals surface area contributed by atoms with Crippen LogP contribution in [0.3, 0.4) is 0 Å². The molecule has 2 aromatic heterocycles. The molecule has 37 heavy (non-hydrogen) atoms. The molecule has 0 saturated heterocycles. The normalized spacial score (nSPS) is 13.2. The zero-order chi connectivity index (χ0) is 26.0. The van der Waals surface area contributed by atoms with E-state index in [-0.39, 0.29) is 0 Å². The molecule has 0 aliphatic heterocycles. The molecule has 6 heteroatoms. The Bertz CT molecular complexity index is 1550. The van der Waals surface area contributed by atoms with E-state index in [2.05, 4.69) is 37.7 Å². The second kappa shape index (κ2) is 9.79. The largest absolute Gasteiger partial charge is 0.416 e. The summed E-state index contributed by atoms with van der Waals surface area (Å²) in [6, 6.07) is 35.4. The lowest BCUT2D eigenvalue weighted by molar-refractivity contribution is -0.137. The summed E-state index contributed by atoms with van der Waals surface area (Å²) in [4.78, 5) is 10.1. The number of aryl methyl sites for hydroxylation is 1. The Hall–Kier alpha value is -4.03. The maximum atomic E-state index is 13.4. The molecular formula is C31H25F3N2Si. The summed E-state index contributed by atoms with van der Waals surface area (Å²) >= 11 is 0. The fourth-order valence-corrected chi connectivity index (χ4v) is 7.87. The Labute approximate surface area is 215 Å². The average molecular weight is 511 g/mol. The highest BCUT2D eigenvalue weighted by Gasteiger charge is 2.38. The van der Waals surface area contributed by atoms with Crippen molar-refractivity contribution in [3.8, 4) is 22.5 Å². The van der Waals surface area contributed by atoms with Gasteiger partial charge in [-0.05, 0) is 54.6 Å². The molecule has 0 saturated carbocycles. The first kappa shape index (κ1) is 24.7. The van der Waals surface area contributed by atoms with Crippen molar-refractivity contribution in [3.05, 3.63) is 126 Å². The number of hydrogen-bond donors (Lipinski definition) is 0. The quantitative estimate of drug-likeness (QED) is 0.262. The third kappa shape index (κ3) is 4.97. The molecule has 0 N–H and O–H groups in total. The molecule has 1 unspecified atom stereocenters. The first-order chi connectivity index (χ1) is 17.7. The van der Waals surface area contributed by atoms with E-state index in [0.717, 1.165) is 44.8 Å². The second-order valence-electron chi connectivity index (χ2n) is 9.26. The topological polar surface area (TPSA) is 25.8 Å². The smallest absolute Gasteiger partial charge is 0.257 e. The van der Waals surface area contributed by atoms with Crippen LogP contribution in [0.1, 0.15) is 11.1 Å². The molecule has 2 nitrogen and oxygen atoms in total. The number of pyridine rings is 2. The maximum Gasteiger partial charge on any atom is 0.416 e. The third-order valence-electron chi connectivity index (χ3n) is 6.67. The van der Waals surface area contributed by atoms with Crippen LogP contribution in [-0.2, 0) is 6.18 Å². The molecule has 0 bridgehead atoms. The van der Waals surface area contributed by atoms with Crippen molar-refractivity contribution in [1.82, 2.24) is 9.97 Å². The summed E-state index contributed by atoms with van der Waals surface area (Å²) in [5.74, 6) is 0. The van der Waals surface area contributed by atoms with E-state index in [0.29, 0.717) is 11.3 Å². The standard InChI is InChI=1S/C31H25F3N2Si/c1-22-10-6-11-23(20-22)27-16-8-18-29(35-27)37(2,26-14-4-3-5-15-26)30-19-9-17-28(36-30)24-12-7-13-25(21-24)31(32,33)34/h3-21H,1-2H3. The maximum absolute atomic E-state index is 13.4. The average Bonchev–Trinajstić information content (AvgIpc) is 2.93. The van der Waals surface area contributed by atoms with Crippen LogP contribution in [0.25, 0.3) is 22.5 Å². The predicted octanol–water partition coefficient (Wildman–Crippen LogP) is 6.24. The molecule has 0 radical (unpaired) electrons. The zero-order valence-electron chi connectivity index (χ0n) is 20.5.